The zero-order valence-corrected chi connectivity index (χ0v) is 22.0. The summed E-state index contributed by atoms with van der Waals surface area (Å²) in [6.07, 6.45) is 16.6. The van der Waals surface area contributed by atoms with Crippen LogP contribution < -0.4 is 16.0 Å². The van der Waals surface area contributed by atoms with Crippen molar-refractivity contribution in [2.45, 2.75) is 76.3 Å². The molecule has 4 aromatic rings. The van der Waals surface area contributed by atoms with E-state index in [0.29, 0.717) is 18.0 Å². The molecule has 3 aliphatic carbocycles. The molecule has 38 heavy (non-hydrogen) atoms. The first-order valence-electron chi connectivity index (χ1n) is 14.5. The second-order valence-electron chi connectivity index (χ2n) is 11.3. The third-order valence-corrected chi connectivity index (χ3v) is 8.38. The van der Waals surface area contributed by atoms with Crippen molar-refractivity contribution in [2.24, 2.45) is 5.92 Å². The maximum Gasteiger partial charge on any atom is 0.223 e. The Morgan fingerprint density at radius 2 is 1.61 bits per heavy atom. The number of aromatic nitrogens is 4. The molecule has 0 spiro atoms. The summed E-state index contributed by atoms with van der Waals surface area (Å²) >= 11 is 0. The third kappa shape index (κ3) is 4.94. The Morgan fingerprint density at radius 3 is 2.39 bits per heavy atom. The van der Waals surface area contributed by atoms with Crippen LogP contribution in [-0.2, 0) is 0 Å². The number of rotatable bonds is 9. The molecular weight excluding hydrogens is 470 g/mol. The Hall–Kier alpha value is -3.61. The van der Waals surface area contributed by atoms with Crippen molar-refractivity contribution in [3.05, 3.63) is 54.9 Å². The number of hydrogen-bond donors (Lipinski definition) is 3. The van der Waals surface area contributed by atoms with Crippen LogP contribution in [0, 0.1) is 5.92 Å². The molecule has 3 saturated carbocycles. The molecule has 0 aliphatic heterocycles. The van der Waals surface area contributed by atoms with Gasteiger partial charge >= 0.3 is 0 Å². The number of benzene rings is 1. The van der Waals surface area contributed by atoms with Gasteiger partial charge in [0.15, 0.2) is 5.65 Å². The first-order chi connectivity index (χ1) is 18.8. The molecule has 0 bridgehead atoms. The highest BCUT2D eigenvalue weighted by Crippen LogP contribution is 2.36. The van der Waals surface area contributed by atoms with Crippen molar-refractivity contribution in [1.29, 1.82) is 0 Å². The smallest absolute Gasteiger partial charge is 0.223 e. The molecule has 3 fully saturated rings. The third-order valence-electron chi connectivity index (χ3n) is 8.38. The van der Waals surface area contributed by atoms with Crippen molar-refractivity contribution < 1.29 is 0 Å². The van der Waals surface area contributed by atoms with E-state index in [9.17, 15) is 0 Å². The summed E-state index contributed by atoms with van der Waals surface area (Å²) in [5, 5.41) is 11.0. The summed E-state index contributed by atoms with van der Waals surface area (Å²) in [5.74, 6) is 1.52. The lowest BCUT2D eigenvalue weighted by Crippen LogP contribution is -2.16. The summed E-state index contributed by atoms with van der Waals surface area (Å²) < 4.78 is 2.21. The van der Waals surface area contributed by atoms with E-state index < -0.39 is 0 Å². The van der Waals surface area contributed by atoms with Crippen LogP contribution in [0.4, 0.5) is 17.3 Å². The minimum atomic E-state index is 0.461. The van der Waals surface area contributed by atoms with E-state index in [1.807, 2.05) is 12.3 Å². The number of nitrogens with zero attached hydrogens (tertiary/aromatic N) is 4. The number of anilines is 3. The van der Waals surface area contributed by atoms with Gasteiger partial charge in [-0.2, -0.15) is 0 Å². The maximum absolute atomic E-state index is 5.27. The van der Waals surface area contributed by atoms with E-state index in [0.717, 1.165) is 52.1 Å². The first-order valence-corrected chi connectivity index (χ1v) is 14.5. The molecule has 0 atom stereocenters. The standard InChI is InChI=1S/C31H37N7/c1-2-9-23(8-1)34-27-13-6-18-38-29(26-16-17-32-31(36-26)35-24-10-3-4-11-24)28(37-30(27)38)22-7-5-12-25(19-22)33-20-21-14-15-21/h5-7,12-13,16-19,21,23-24,33-34H,1-4,8-11,14-15,20H2,(H,32,35,36). The molecule has 7 rings (SSSR count). The number of fused-ring (bicyclic) bond motifs is 1. The lowest BCUT2D eigenvalue weighted by Gasteiger charge is -2.14. The van der Waals surface area contributed by atoms with E-state index in [-0.39, 0.29) is 0 Å². The number of hydrogen-bond acceptors (Lipinski definition) is 6. The van der Waals surface area contributed by atoms with Gasteiger partial charge in [-0.15, -0.1) is 0 Å². The van der Waals surface area contributed by atoms with Gasteiger partial charge in [0.1, 0.15) is 0 Å². The van der Waals surface area contributed by atoms with Crippen LogP contribution in [0.5, 0.6) is 0 Å². The average Bonchev–Trinajstić information content (AvgIpc) is 3.29. The molecule has 7 nitrogen and oxygen atoms in total. The zero-order valence-electron chi connectivity index (χ0n) is 22.0. The second kappa shape index (κ2) is 10.3. The highest BCUT2D eigenvalue weighted by atomic mass is 15.1. The van der Waals surface area contributed by atoms with Gasteiger partial charge in [0.05, 0.1) is 22.8 Å². The quantitative estimate of drug-likeness (QED) is 0.227. The molecule has 3 aliphatic rings. The van der Waals surface area contributed by atoms with Crippen LogP contribution in [0.15, 0.2) is 54.9 Å². The Balaban J connectivity index is 1.31. The predicted molar refractivity (Wildman–Crippen MR) is 155 cm³/mol. The molecule has 3 heterocycles. The van der Waals surface area contributed by atoms with Crippen molar-refractivity contribution >= 4 is 23.0 Å². The first kappa shape index (κ1) is 23.5. The molecule has 3 N–H and O–H groups in total. The SMILES string of the molecule is c1cc(NCC2CC2)cc(-c2nc3c(NC4CCCC4)cccn3c2-c2ccnc(NC3CCCC3)n2)c1. The van der Waals surface area contributed by atoms with Gasteiger partial charge in [-0.05, 0) is 74.8 Å². The molecule has 3 aromatic heterocycles. The van der Waals surface area contributed by atoms with Crippen LogP contribution >= 0.6 is 0 Å². The Kier molecular flexibility index (Phi) is 6.35. The molecule has 0 radical (unpaired) electrons. The van der Waals surface area contributed by atoms with Crippen LogP contribution in [0.3, 0.4) is 0 Å². The van der Waals surface area contributed by atoms with Gasteiger partial charge in [-0.1, -0.05) is 37.8 Å². The molecule has 0 unspecified atom stereocenters. The lowest BCUT2D eigenvalue weighted by atomic mass is 10.1. The lowest BCUT2D eigenvalue weighted by molar-refractivity contribution is 0.744. The van der Waals surface area contributed by atoms with Crippen molar-refractivity contribution in [1.82, 2.24) is 19.4 Å². The molecule has 7 heteroatoms. The fourth-order valence-electron chi connectivity index (χ4n) is 6.09. The second-order valence-corrected chi connectivity index (χ2v) is 11.3. The fourth-order valence-corrected chi connectivity index (χ4v) is 6.09. The van der Waals surface area contributed by atoms with Gasteiger partial charge in [0.2, 0.25) is 5.95 Å². The Bertz CT molecular complexity index is 1410. The van der Waals surface area contributed by atoms with Crippen LogP contribution in [0.25, 0.3) is 28.3 Å². The molecule has 196 valence electrons. The summed E-state index contributed by atoms with van der Waals surface area (Å²) in [5.41, 5.74) is 7.13. The summed E-state index contributed by atoms with van der Waals surface area (Å²) in [4.78, 5) is 14.9. The summed E-state index contributed by atoms with van der Waals surface area (Å²) in [7, 11) is 0. The number of imidazole rings is 1. The van der Waals surface area contributed by atoms with Crippen molar-refractivity contribution in [3.8, 4) is 22.6 Å². The van der Waals surface area contributed by atoms with Crippen LogP contribution in [0.1, 0.15) is 64.2 Å². The van der Waals surface area contributed by atoms with Gasteiger partial charge in [0, 0.05) is 42.3 Å². The van der Waals surface area contributed by atoms with Gasteiger partial charge in [0.25, 0.3) is 0 Å². The van der Waals surface area contributed by atoms with Crippen molar-refractivity contribution in [3.63, 3.8) is 0 Å². The minimum Gasteiger partial charge on any atom is -0.385 e. The fraction of sp³-hybridized carbons (Fsp3) is 0.452. The van der Waals surface area contributed by atoms with Crippen molar-refractivity contribution in [2.75, 3.05) is 22.5 Å². The largest absolute Gasteiger partial charge is 0.385 e. The maximum atomic E-state index is 5.27. The monoisotopic (exact) mass is 507 g/mol. The molecular formula is C31H37N7. The topological polar surface area (TPSA) is 79.2 Å². The molecule has 0 saturated heterocycles. The predicted octanol–water partition coefficient (Wildman–Crippen LogP) is 6.99. The van der Waals surface area contributed by atoms with Gasteiger partial charge in [-0.25, -0.2) is 15.0 Å². The summed E-state index contributed by atoms with van der Waals surface area (Å²) in [6, 6.07) is 15.9. The van der Waals surface area contributed by atoms with E-state index in [1.165, 1.54) is 64.2 Å². The van der Waals surface area contributed by atoms with Gasteiger partial charge in [-0.3, -0.25) is 4.40 Å². The average molecular weight is 508 g/mol. The Morgan fingerprint density at radius 1 is 0.816 bits per heavy atom. The number of pyridine rings is 1. The van der Waals surface area contributed by atoms with Crippen LogP contribution in [0.2, 0.25) is 0 Å². The van der Waals surface area contributed by atoms with E-state index >= 15 is 0 Å². The minimum absolute atomic E-state index is 0.461. The Labute approximate surface area is 224 Å². The zero-order chi connectivity index (χ0) is 25.3. The van der Waals surface area contributed by atoms with E-state index in [1.54, 1.807) is 0 Å². The van der Waals surface area contributed by atoms with E-state index in [2.05, 4.69) is 67.9 Å². The number of nitrogens with one attached hydrogen (secondary N) is 3. The molecule has 1 aromatic carbocycles. The highest BCUT2D eigenvalue weighted by Gasteiger charge is 2.23. The summed E-state index contributed by atoms with van der Waals surface area (Å²) in [6.45, 7) is 1.04. The van der Waals surface area contributed by atoms with E-state index in [4.69, 9.17) is 9.97 Å². The molecule has 0 amide bonds. The highest BCUT2D eigenvalue weighted by molar-refractivity contribution is 5.85. The van der Waals surface area contributed by atoms with Crippen LogP contribution in [-0.4, -0.2) is 38.0 Å². The van der Waals surface area contributed by atoms with Gasteiger partial charge < -0.3 is 16.0 Å². The normalized spacial score (nSPS) is 18.3.